The van der Waals surface area contributed by atoms with Gasteiger partial charge in [-0.3, -0.25) is 0 Å². The van der Waals surface area contributed by atoms with Gasteiger partial charge in [0.2, 0.25) is 0 Å². The molecular formula is C29H45N. The number of piperidine rings is 2. The molecule has 0 aromatic carbocycles. The van der Waals surface area contributed by atoms with E-state index in [-0.39, 0.29) is 16.2 Å². The molecule has 1 heterocycles. The number of allylic oxidation sites excluding steroid dienone is 4. The average Bonchev–Trinajstić information content (AvgIpc) is 3.22. The van der Waals surface area contributed by atoms with E-state index in [4.69, 9.17) is 6.42 Å². The van der Waals surface area contributed by atoms with E-state index < -0.39 is 0 Å². The predicted molar refractivity (Wildman–Crippen MR) is 131 cm³/mol. The van der Waals surface area contributed by atoms with Crippen LogP contribution < -0.4 is 0 Å². The van der Waals surface area contributed by atoms with Gasteiger partial charge in [-0.1, -0.05) is 84.8 Å². The van der Waals surface area contributed by atoms with Crippen molar-refractivity contribution in [1.82, 2.24) is 4.90 Å². The van der Waals surface area contributed by atoms with Crippen molar-refractivity contribution >= 4 is 0 Å². The fourth-order valence-corrected chi connectivity index (χ4v) is 6.61. The highest BCUT2D eigenvalue weighted by molar-refractivity contribution is 5.49. The van der Waals surface area contributed by atoms with E-state index in [0.717, 1.165) is 19.4 Å². The van der Waals surface area contributed by atoms with Crippen LogP contribution in [0.3, 0.4) is 0 Å². The van der Waals surface area contributed by atoms with Crippen LogP contribution in [-0.4, -0.2) is 17.5 Å². The molecule has 0 bridgehead atoms. The van der Waals surface area contributed by atoms with Gasteiger partial charge in [0, 0.05) is 35.5 Å². The van der Waals surface area contributed by atoms with Gasteiger partial charge in [0.15, 0.2) is 0 Å². The topological polar surface area (TPSA) is 3.24 Å². The summed E-state index contributed by atoms with van der Waals surface area (Å²) in [5, 5.41) is 0. The first-order valence-corrected chi connectivity index (χ1v) is 12.3. The van der Waals surface area contributed by atoms with Crippen molar-refractivity contribution in [2.75, 3.05) is 6.54 Å². The van der Waals surface area contributed by atoms with Crippen molar-refractivity contribution in [2.24, 2.45) is 34.0 Å². The summed E-state index contributed by atoms with van der Waals surface area (Å²) in [5.74, 6) is 5.06. The van der Waals surface area contributed by atoms with E-state index in [1.54, 1.807) is 5.57 Å². The Bertz CT molecular complexity index is 771. The largest absolute Gasteiger partial charge is 0.371 e. The molecule has 3 fully saturated rings. The SMILES string of the molecule is C#CC12C(C)C3C1C2C(=C)N3CCC/C(=C\CC)C(C)(CC)CCC(=C)C(C)(C)C. The molecule has 6 atom stereocenters. The molecule has 1 heteroatoms. The average molecular weight is 408 g/mol. The molecule has 0 aromatic heterocycles. The molecule has 30 heavy (non-hydrogen) atoms. The molecule has 166 valence electrons. The summed E-state index contributed by atoms with van der Waals surface area (Å²) in [5.41, 5.74) is 5.03. The molecule has 3 rings (SSSR count). The molecule has 3 aliphatic rings. The van der Waals surface area contributed by atoms with E-state index in [0.29, 0.717) is 23.8 Å². The van der Waals surface area contributed by atoms with Crippen LogP contribution >= 0.6 is 0 Å². The monoisotopic (exact) mass is 407 g/mol. The van der Waals surface area contributed by atoms with Crippen LogP contribution in [0.4, 0.5) is 0 Å². The van der Waals surface area contributed by atoms with E-state index in [1.807, 2.05) is 0 Å². The number of fused-ring (bicyclic) bond motifs is 1. The van der Waals surface area contributed by atoms with E-state index >= 15 is 0 Å². The number of hydrogen-bond donors (Lipinski definition) is 0. The van der Waals surface area contributed by atoms with Gasteiger partial charge in [0.05, 0.1) is 0 Å². The van der Waals surface area contributed by atoms with Gasteiger partial charge in [0.25, 0.3) is 0 Å². The first kappa shape index (κ1) is 23.2. The molecule has 0 spiro atoms. The standard InChI is InChI=1S/C29H45N/c1-11-15-23(28(10,12-2)18-17-20(4)27(7,8)9)16-14-19-30-22(6)24-25-26(30)21(5)29(24,25)13-3/h3,15,21,24-26H,4,6,11-12,14,16-19H2,1-2,5,7-10H3/b23-15+. The van der Waals surface area contributed by atoms with Crippen molar-refractivity contribution in [2.45, 2.75) is 93.0 Å². The Morgan fingerprint density at radius 3 is 2.40 bits per heavy atom. The number of hydrogen-bond acceptors (Lipinski definition) is 1. The molecular weight excluding hydrogens is 362 g/mol. The Morgan fingerprint density at radius 2 is 1.90 bits per heavy atom. The highest BCUT2D eigenvalue weighted by atomic mass is 15.3. The molecule has 1 aliphatic heterocycles. The fraction of sp³-hybridized carbons (Fsp3) is 0.724. The lowest BCUT2D eigenvalue weighted by Gasteiger charge is -2.49. The quantitative estimate of drug-likeness (QED) is 0.266. The van der Waals surface area contributed by atoms with Crippen molar-refractivity contribution in [1.29, 1.82) is 0 Å². The number of terminal acetylenes is 1. The van der Waals surface area contributed by atoms with Crippen LogP contribution in [0.15, 0.2) is 36.1 Å². The first-order valence-electron chi connectivity index (χ1n) is 12.3. The van der Waals surface area contributed by atoms with Gasteiger partial charge in [-0.05, 0) is 55.3 Å². The zero-order valence-electron chi connectivity index (χ0n) is 20.8. The van der Waals surface area contributed by atoms with Crippen molar-refractivity contribution in [3.05, 3.63) is 36.1 Å². The number of nitrogens with zero attached hydrogens (tertiary/aromatic N) is 1. The van der Waals surface area contributed by atoms with E-state index in [9.17, 15) is 0 Å². The van der Waals surface area contributed by atoms with Crippen LogP contribution in [-0.2, 0) is 0 Å². The van der Waals surface area contributed by atoms with Gasteiger partial charge in [-0.15, -0.1) is 6.42 Å². The Kier molecular flexibility index (Phi) is 6.14. The van der Waals surface area contributed by atoms with Crippen LogP contribution in [0.25, 0.3) is 0 Å². The third-order valence-electron chi connectivity index (χ3n) is 9.18. The Hall–Kier alpha value is -1.42. The third kappa shape index (κ3) is 3.39. The third-order valence-corrected chi connectivity index (χ3v) is 9.18. The Balaban J connectivity index is 1.58. The van der Waals surface area contributed by atoms with Gasteiger partial charge in [-0.2, -0.15) is 0 Å². The summed E-state index contributed by atoms with van der Waals surface area (Å²) in [6, 6.07) is 0.657. The molecule has 6 unspecified atom stereocenters. The molecule has 0 amide bonds. The summed E-state index contributed by atoms with van der Waals surface area (Å²) in [6.45, 7) is 26.3. The molecule has 1 nitrogen and oxygen atoms in total. The summed E-state index contributed by atoms with van der Waals surface area (Å²) >= 11 is 0. The summed E-state index contributed by atoms with van der Waals surface area (Å²) in [6.07, 6.45) is 15.4. The van der Waals surface area contributed by atoms with Crippen LogP contribution in [0.2, 0.25) is 0 Å². The lowest BCUT2D eigenvalue weighted by atomic mass is 9.68. The summed E-state index contributed by atoms with van der Waals surface area (Å²) < 4.78 is 0. The minimum atomic E-state index is 0.182. The van der Waals surface area contributed by atoms with Crippen molar-refractivity contribution < 1.29 is 0 Å². The minimum absolute atomic E-state index is 0.182. The van der Waals surface area contributed by atoms with E-state index in [2.05, 4.69) is 78.5 Å². The molecule has 0 N–H and O–H groups in total. The molecule has 0 radical (unpaired) electrons. The maximum Gasteiger partial charge on any atom is 0.0498 e. The fourth-order valence-electron chi connectivity index (χ4n) is 6.61. The Morgan fingerprint density at radius 1 is 1.23 bits per heavy atom. The zero-order valence-corrected chi connectivity index (χ0v) is 20.8. The second kappa shape index (κ2) is 7.93. The second-order valence-corrected chi connectivity index (χ2v) is 11.6. The predicted octanol–water partition coefficient (Wildman–Crippen LogP) is 7.62. The minimum Gasteiger partial charge on any atom is -0.371 e. The molecule has 1 saturated heterocycles. The first-order chi connectivity index (χ1) is 14.0. The van der Waals surface area contributed by atoms with E-state index in [1.165, 1.54) is 37.0 Å². The molecule has 2 saturated carbocycles. The number of rotatable bonds is 10. The number of likely N-dealkylation sites (tertiary alicyclic amines) is 1. The van der Waals surface area contributed by atoms with Gasteiger partial charge in [0.1, 0.15) is 0 Å². The lowest BCUT2D eigenvalue weighted by molar-refractivity contribution is 0.0483. The second-order valence-electron chi connectivity index (χ2n) is 11.6. The smallest absolute Gasteiger partial charge is 0.0498 e. The Labute approximate surface area is 187 Å². The van der Waals surface area contributed by atoms with Crippen LogP contribution in [0.1, 0.15) is 87.0 Å². The van der Waals surface area contributed by atoms with Crippen LogP contribution in [0, 0.1) is 46.3 Å². The maximum atomic E-state index is 5.88. The van der Waals surface area contributed by atoms with Crippen LogP contribution in [0.5, 0.6) is 0 Å². The summed E-state index contributed by atoms with van der Waals surface area (Å²) in [4.78, 5) is 2.62. The molecule has 0 aromatic rings. The van der Waals surface area contributed by atoms with Gasteiger partial charge in [-0.25, -0.2) is 0 Å². The van der Waals surface area contributed by atoms with Gasteiger partial charge < -0.3 is 4.90 Å². The highest BCUT2D eigenvalue weighted by Crippen LogP contribution is 2.82. The van der Waals surface area contributed by atoms with Crippen molar-refractivity contribution in [3.8, 4) is 12.3 Å². The summed E-state index contributed by atoms with van der Waals surface area (Å²) in [7, 11) is 0. The van der Waals surface area contributed by atoms with Gasteiger partial charge >= 0.3 is 0 Å². The van der Waals surface area contributed by atoms with Crippen molar-refractivity contribution in [3.63, 3.8) is 0 Å². The lowest BCUT2D eigenvalue weighted by Crippen LogP contribution is -2.53. The molecule has 2 aliphatic carbocycles. The zero-order chi connectivity index (χ0) is 22.5. The normalized spacial score (nSPS) is 34.1. The maximum absolute atomic E-state index is 5.88. The highest BCUT2D eigenvalue weighted by Gasteiger charge is 2.85.